The molecule has 9 nitrogen and oxygen atoms in total. The minimum absolute atomic E-state index is 0.00693. The molecule has 2 heterocycles. The summed E-state index contributed by atoms with van der Waals surface area (Å²) >= 11 is 0. The van der Waals surface area contributed by atoms with Crippen molar-refractivity contribution >= 4 is 29.1 Å². The Bertz CT molecular complexity index is 1590. The number of aryl methyl sites for hydroxylation is 1. The monoisotopic (exact) mass is 564 g/mol. The minimum Gasteiger partial charge on any atom is -0.378 e. The first-order valence-corrected chi connectivity index (χ1v) is 14.1. The highest BCUT2D eigenvalue weighted by Crippen LogP contribution is 2.28. The van der Waals surface area contributed by atoms with E-state index in [1.165, 1.54) is 5.56 Å². The Labute approximate surface area is 246 Å². The third kappa shape index (κ3) is 6.63. The quantitative estimate of drug-likeness (QED) is 0.299. The molecule has 1 fully saturated rings. The Balaban J connectivity index is 1.32. The van der Waals surface area contributed by atoms with E-state index in [2.05, 4.69) is 46.4 Å². The number of benzene rings is 3. The molecular formula is C33H36N6O3. The zero-order valence-corrected chi connectivity index (χ0v) is 24.7. The number of ether oxygens (including phenoxy) is 1. The van der Waals surface area contributed by atoms with Crippen LogP contribution in [0.4, 0.5) is 17.3 Å². The number of anilines is 3. The second kappa shape index (κ2) is 12.1. The molecule has 1 aromatic heterocycles. The molecule has 1 aliphatic heterocycles. The molecule has 0 aliphatic carbocycles. The lowest BCUT2D eigenvalue weighted by atomic mass is 9.86. The molecule has 0 bridgehead atoms. The molecule has 2 amide bonds. The Kier molecular flexibility index (Phi) is 8.31. The van der Waals surface area contributed by atoms with Gasteiger partial charge in [0.1, 0.15) is 5.82 Å². The van der Waals surface area contributed by atoms with Gasteiger partial charge in [-0.15, -0.1) is 0 Å². The van der Waals surface area contributed by atoms with Gasteiger partial charge in [-0.05, 0) is 72.9 Å². The molecule has 5 rings (SSSR count). The number of hydrogen-bond donors (Lipinski definition) is 2. The standard InChI is InChI=1S/C33H36N6O3/c1-21-27(7-6-8-28(21)37-30(40)23-9-13-25(14-10-23)33(3,4)5)29-34-22(2)35-32(38-29)36-26-15-11-24(12-16-26)31(41)39-17-19-42-20-18-39/h6-16H,17-20H2,1-5H3,(H,37,40)(H,34,35,36,38). The molecule has 1 aliphatic rings. The number of nitrogens with one attached hydrogen (secondary N) is 2. The van der Waals surface area contributed by atoms with Crippen LogP contribution in [0.2, 0.25) is 0 Å². The highest BCUT2D eigenvalue weighted by molar-refractivity contribution is 6.05. The van der Waals surface area contributed by atoms with Gasteiger partial charge in [0.2, 0.25) is 5.95 Å². The number of morpholine rings is 1. The van der Waals surface area contributed by atoms with E-state index < -0.39 is 0 Å². The maximum atomic E-state index is 13.1. The maximum absolute atomic E-state index is 13.1. The molecule has 4 aromatic rings. The van der Waals surface area contributed by atoms with Crippen LogP contribution in [0.3, 0.4) is 0 Å². The average molecular weight is 565 g/mol. The van der Waals surface area contributed by atoms with Crippen LogP contribution in [0.5, 0.6) is 0 Å². The minimum atomic E-state index is -0.180. The van der Waals surface area contributed by atoms with Crippen molar-refractivity contribution < 1.29 is 14.3 Å². The van der Waals surface area contributed by atoms with Crippen molar-refractivity contribution in [1.29, 1.82) is 0 Å². The van der Waals surface area contributed by atoms with E-state index in [9.17, 15) is 9.59 Å². The van der Waals surface area contributed by atoms with Crippen LogP contribution < -0.4 is 10.6 Å². The summed E-state index contributed by atoms with van der Waals surface area (Å²) in [6.07, 6.45) is 0. The van der Waals surface area contributed by atoms with E-state index in [-0.39, 0.29) is 17.2 Å². The zero-order chi connectivity index (χ0) is 29.9. The van der Waals surface area contributed by atoms with Crippen molar-refractivity contribution in [1.82, 2.24) is 19.9 Å². The van der Waals surface area contributed by atoms with E-state index >= 15 is 0 Å². The predicted octanol–water partition coefficient (Wildman–Crippen LogP) is 5.92. The van der Waals surface area contributed by atoms with Crippen molar-refractivity contribution in [3.8, 4) is 11.4 Å². The average Bonchev–Trinajstić information content (AvgIpc) is 2.98. The van der Waals surface area contributed by atoms with Crippen LogP contribution >= 0.6 is 0 Å². The fourth-order valence-electron chi connectivity index (χ4n) is 4.76. The third-order valence-corrected chi connectivity index (χ3v) is 7.27. The smallest absolute Gasteiger partial charge is 0.255 e. The summed E-state index contributed by atoms with van der Waals surface area (Å²) in [6.45, 7) is 12.5. The predicted molar refractivity (Wildman–Crippen MR) is 164 cm³/mol. The summed E-state index contributed by atoms with van der Waals surface area (Å²) in [4.78, 5) is 41.3. The molecule has 0 atom stereocenters. The first-order valence-electron chi connectivity index (χ1n) is 14.1. The molecule has 0 radical (unpaired) electrons. The van der Waals surface area contributed by atoms with Gasteiger partial charge in [-0.3, -0.25) is 9.59 Å². The topological polar surface area (TPSA) is 109 Å². The van der Waals surface area contributed by atoms with Gasteiger partial charge in [0.05, 0.1) is 13.2 Å². The lowest BCUT2D eigenvalue weighted by molar-refractivity contribution is 0.0303. The van der Waals surface area contributed by atoms with E-state index in [1.54, 1.807) is 17.0 Å². The molecule has 0 saturated carbocycles. The van der Waals surface area contributed by atoms with Gasteiger partial charge in [-0.1, -0.05) is 45.0 Å². The summed E-state index contributed by atoms with van der Waals surface area (Å²) in [7, 11) is 0. The number of hydrogen-bond acceptors (Lipinski definition) is 7. The summed E-state index contributed by atoms with van der Waals surface area (Å²) in [5.74, 6) is 1.24. The first kappa shape index (κ1) is 28.9. The highest BCUT2D eigenvalue weighted by atomic mass is 16.5. The van der Waals surface area contributed by atoms with Crippen LogP contribution in [-0.4, -0.2) is 58.0 Å². The normalized spacial score (nSPS) is 13.5. The lowest BCUT2D eigenvalue weighted by Crippen LogP contribution is -2.40. The van der Waals surface area contributed by atoms with E-state index in [4.69, 9.17) is 4.74 Å². The second-order valence-corrected chi connectivity index (χ2v) is 11.4. The third-order valence-electron chi connectivity index (χ3n) is 7.27. The highest BCUT2D eigenvalue weighted by Gasteiger charge is 2.19. The molecular weight excluding hydrogens is 528 g/mol. The van der Waals surface area contributed by atoms with Gasteiger partial charge >= 0.3 is 0 Å². The van der Waals surface area contributed by atoms with Crippen LogP contribution in [0.15, 0.2) is 66.7 Å². The molecule has 0 unspecified atom stereocenters. The number of carbonyl (C=O) groups excluding carboxylic acids is 2. The Morgan fingerprint density at radius 3 is 2.17 bits per heavy atom. The Morgan fingerprint density at radius 1 is 0.833 bits per heavy atom. The van der Waals surface area contributed by atoms with E-state index in [0.29, 0.717) is 60.7 Å². The second-order valence-electron chi connectivity index (χ2n) is 11.4. The largest absolute Gasteiger partial charge is 0.378 e. The fraction of sp³-hybridized carbons (Fsp3) is 0.303. The van der Waals surface area contributed by atoms with Crippen molar-refractivity contribution in [2.24, 2.45) is 0 Å². The van der Waals surface area contributed by atoms with Gasteiger partial charge in [-0.25, -0.2) is 4.98 Å². The fourth-order valence-corrected chi connectivity index (χ4v) is 4.76. The molecule has 216 valence electrons. The molecule has 9 heteroatoms. The number of amides is 2. The van der Waals surface area contributed by atoms with Crippen LogP contribution in [0, 0.1) is 13.8 Å². The molecule has 1 saturated heterocycles. The van der Waals surface area contributed by atoms with Gasteiger partial charge in [-0.2, -0.15) is 9.97 Å². The van der Waals surface area contributed by atoms with Crippen molar-refractivity contribution in [2.45, 2.75) is 40.0 Å². The van der Waals surface area contributed by atoms with Gasteiger partial charge in [0, 0.05) is 41.2 Å². The van der Waals surface area contributed by atoms with Crippen LogP contribution in [0.25, 0.3) is 11.4 Å². The molecule has 3 aromatic carbocycles. The maximum Gasteiger partial charge on any atom is 0.255 e. The van der Waals surface area contributed by atoms with Crippen LogP contribution in [0.1, 0.15) is 58.4 Å². The number of rotatable bonds is 6. The number of carbonyl (C=O) groups is 2. The summed E-state index contributed by atoms with van der Waals surface area (Å²) in [6, 6.07) is 20.6. The van der Waals surface area contributed by atoms with Crippen molar-refractivity contribution in [3.63, 3.8) is 0 Å². The summed E-state index contributed by atoms with van der Waals surface area (Å²) in [5, 5.41) is 6.26. The van der Waals surface area contributed by atoms with E-state index in [0.717, 1.165) is 16.8 Å². The molecule has 2 N–H and O–H groups in total. The Morgan fingerprint density at radius 2 is 1.50 bits per heavy atom. The SMILES string of the molecule is Cc1nc(Nc2ccc(C(=O)N3CCOCC3)cc2)nc(-c2cccc(NC(=O)c3ccc(C(C)(C)C)cc3)c2C)n1. The number of aromatic nitrogens is 3. The van der Waals surface area contributed by atoms with Crippen molar-refractivity contribution in [2.75, 3.05) is 36.9 Å². The Hall–Kier alpha value is -4.63. The zero-order valence-electron chi connectivity index (χ0n) is 24.7. The molecule has 42 heavy (non-hydrogen) atoms. The summed E-state index contributed by atoms with van der Waals surface area (Å²) in [5.41, 5.74) is 5.47. The van der Waals surface area contributed by atoms with Crippen molar-refractivity contribution in [3.05, 3.63) is 94.8 Å². The lowest BCUT2D eigenvalue weighted by Gasteiger charge is -2.26. The van der Waals surface area contributed by atoms with Gasteiger partial charge < -0.3 is 20.3 Å². The van der Waals surface area contributed by atoms with Gasteiger partial charge in [0.15, 0.2) is 5.82 Å². The first-order chi connectivity index (χ1) is 20.1. The molecule has 0 spiro atoms. The van der Waals surface area contributed by atoms with E-state index in [1.807, 2.05) is 68.4 Å². The van der Waals surface area contributed by atoms with Gasteiger partial charge in [0.25, 0.3) is 11.8 Å². The van der Waals surface area contributed by atoms with Crippen LogP contribution in [-0.2, 0) is 10.2 Å². The number of nitrogens with zero attached hydrogens (tertiary/aromatic N) is 4. The summed E-state index contributed by atoms with van der Waals surface area (Å²) < 4.78 is 5.34.